The number of hydrogen-bond donors (Lipinski definition) is 1. The van der Waals surface area contributed by atoms with Crippen LogP contribution < -0.4 is 5.32 Å². The average Bonchev–Trinajstić information content (AvgIpc) is 3.44. The van der Waals surface area contributed by atoms with Crippen LogP contribution in [0.5, 0.6) is 0 Å². The van der Waals surface area contributed by atoms with E-state index in [1.165, 1.54) is 4.90 Å². The topological polar surface area (TPSA) is 119 Å². The van der Waals surface area contributed by atoms with E-state index in [0.717, 1.165) is 29.7 Å². The molecule has 3 amide bonds. The van der Waals surface area contributed by atoms with E-state index in [4.69, 9.17) is 4.74 Å². The van der Waals surface area contributed by atoms with Gasteiger partial charge in [0.25, 0.3) is 5.91 Å². The quantitative estimate of drug-likeness (QED) is 0.559. The van der Waals surface area contributed by atoms with Crippen LogP contribution in [-0.4, -0.2) is 54.7 Å². The highest BCUT2D eigenvalue weighted by Gasteiger charge is 2.39. The number of rotatable bonds is 6. The summed E-state index contributed by atoms with van der Waals surface area (Å²) in [5.74, 6) is -0.269. The SMILES string of the molecule is O=C1CCC(N2Cc3cc(-c4cn(-c5cccc(COC6CC6)n5)nn4)ccc3C2=O)C(=O)N1. The van der Waals surface area contributed by atoms with E-state index in [1.807, 2.05) is 30.3 Å². The molecule has 3 aromatic rings. The van der Waals surface area contributed by atoms with Gasteiger partial charge in [-0.2, -0.15) is 0 Å². The van der Waals surface area contributed by atoms with Crippen LogP contribution in [0.1, 0.15) is 47.3 Å². The fourth-order valence-electron chi connectivity index (χ4n) is 4.35. The molecule has 2 fully saturated rings. The number of nitrogens with one attached hydrogen (secondary N) is 1. The van der Waals surface area contributed by atoms with Gasteiger partial charge in [0.1, 0.15) is 11.7 Å². The molecule has 172 valence electrons. The Bertz CT molecular complexity index is 1310. The number of pyridine rings is 1. The lowest BCUT2D eigenvalue weighted by molar-refractivity contribution is -0.136. The molecule has 0 spiro atoms. The van der Waals surface area contributed by atoms with Gasteiger partial charge < -0.3 is 9.64 Å². The van der Waals surface area contributed by atoms with Crippen molar-refractivity contribution in [3.05, 3.63) is 59.4 Å². The summed E-state index contributed by atoms with van der Waals surface area (Å²) >= 11 is 0. The fourth-order valence-corrected chi connectivity index (χ4v) is 4.35. The minimum absolute atomic E-state index is 0.200. The second-order valence-electron chi connectivity index (χ2n) is 8.82. The number of amides is 3. The number of hydrogen-bond acceptors (Lipinski definition) is 7. The Morgan fingerprint density at radius 1 is 1.09 bits per heavy atom. The largest absolute Gasteiger partial charge is 0.372 e. The third-order valence-electron chi connectivity index (χ3n) is 6.33. The molecule has 4 heterocycles. The molecule has 1 saturated carbocycles. The number of carbonyl (C=O) groups excluding carboxylic acids is 3. The zero-order chi connectivity index (χ0) is 23.2. The lowest BCUT2D eigenvalue weighted by Gasteiger charge is -2.29. The molecule has 1 saturated heterocycles. The third-order valence-corrected chi connectivity index (χ3v) is 6.33. The lowest BCUT2D eigenvalue weighted by atomic mass is 10.0. The van der Waals surface area contributed by atoms with Gasteiger partial charge in [-0.05, 0) is 49.1 Å². The first kappa shape index (κ1) is 20.7. The third kappa shape index (κ3) is 3.86. The number of fused-ring (bicyclic) bond motifs is 1. The van der Waals surface area contributed by atoms with Crippen LogP contribution in [-0.2, 0) is 27.5 Å². The summed E-state index contributed by atoms with van der Waals surface area (Å²) in [6, 6.07) is 10.6. The summed E-state index contributed by atoms with van der Waals surface area (Å²) in [5, 5.41) is 10.8. The van der Waals surface area contributed by atoms with E-state index in [2.05, 4.69) is 20.6 Å². The first-order valence-electron chi connectivity index (χ1n) is 11.3. The van der Waals surface area contributed by atoms with E-state index in [0.29, 0.717) is 42.8 Å². The molecule has 1 aliphatic carbocycles. The highest BCUT2D eigenvalue weighted by atomic mass is 16.5. The second-order valence-corrected chi connectivity index (χ2v) is 8.82. The Labute approximate surface area is 194 Å². The van der Waals surface area contributed by atoms with Crippen molar-refractivity contribution in [2.24, 2.45) is 0 Å². The van der Waals surface area contributed by atoms with Crippen molar-refractivity contribution in [3.63, 3.8) is 0 Å². The standard InChI is InChI=1S/C24H22N6O4/c31-22-9-8-20(23(32)26-22)29-11-15-10-14(4-7-18(15)24(29)33)19-12-30(28-27-19)21-3-1-2-16(25-21)13-34-17-5-6-17/h1-4,7,10,12,17,20H,5-6,8-9,11,13H2,(H,26,31,32). The Morgan fingerprint density at radius 3 is 2.79 bits per heavy atom. The molecule has 1 N–H and O–H groups in total. The van der Waals surface area contributed by atoms with E-state index in [-0.39, 0.29) is 18.2 Å². The summed E-state index contributed by atoms with van der Waals surface area (Å²) in [5.41, 5.74) is 3.68. The van der Waals surface area contributed by atoms with Crippen molar-refractivity contribution >= 4 is 17.7 Å². The van der Waals surface area contributed by atoms with Gasteiger partial charge in [-0.15, -0.1) is 5.10 Å². The van der Waals surface area contributed by atoms with E-state index in [9.17, 15) is 14.4 Å². The molecule has 3 aliphatic rings. The molecule has 2 aromatic heterocycles. The summed E-state index contributed by atoms with van der Waals surface area (Å²) in [6.07, 6.45) is 4.95. The van der Waals surface area contributed by atoms with Crippen LogP contribution in [0.25, 0.3) is 17.1 Å². The Morgan fingerprint density at radius 2 is 1.97 bits per heavy atom. The molecular weight excluding hydrogens is 436 g/mol. The predicted octanol–water partition coefficient (Wildman–Crippen LogP) is 1.77. The molecule has 10 nitrogen and oxygen atoms in total. The molecule has 6 rings (SSSR count). The van der Waals surface area contributed by atoms with Crippen LogP contribution in [0.4, 0.5) is 0 Å². The molecule has 1 aromatic carbocycles. The Hall–Kier alpha value is -3.92. The fraction of sp³-hybridized carbons (Fsp3) is 0.333. The second kappa shape index (κ2) is 8.14. The highest BCUT2D eigenvalue weighted by Crippen LogP contribution is 2.31. The Balaban J connectivity index is 1.21. The monoisotopic (exact) mass is 458 g/mol. The van der Waals surface area contributed by atoms with Gasteiger partial charge in [0, 0.05) is 24.1 Å². The maximum Gasteiger partial charge on any atom is 0.255 e. The molecule has 1 atom stereocenters. The molecule has 0 radical (unpaired) electrons. The van der Waals surface area contributed by atoms with Gasteiger partial charge in [-0.25, -0.2) is 9.67 Å². The number of piperidine rings is 1. The van der Waals surface area contributed by atoms with Crippen LogP contribution in [0.2, 0.25) is 0 Å². The number of imide groups is 1. The van der Waals surface area contributed by atoms with Crippen LogP contribution in [0, 0.1) is 0 Å². The van der Waals surface area contributed by atoms with Crippen molar-refractivity contribution in [2.75, 3.05) is 0 Å². The number of carbonyl (C=O) groups is 3. The Kier molecular flexibility index (Phi) is 4.95. The van der Waals surface area contributed by atoms with Crippen LogP contribution in [0.15, 0.2) is 42.6 Å². The van der Waals surface area contributed by atoms with Crippen molar-refractivity contribution in [3.8, 4) is 17.1 Å². The summed E-state index contributed by atoms with van der Waals surface area (Å²) in [4.78, 5) is 42.8. The lowest BCUT2D eigenvalue weighted by Crippen LogP contribution is -2.52. The van der Waals surface area contributed by atoms with E-state index >= 15 is 0 Å². The van der Waals surface area contributed by atoms with Crippen molar-refractivity contribution < 1.29 is 19.1 Å². The van der Waals surface area contributed by atoms with Gasteiger partial charge in [0.15, 0.2) is 5.82 Å². The van der Waals surface area contributed by atoms with Crippen LogP contribution in [0.3, 0.4) is 0 Å². The first-order valence-corrected chi connectivity index (χ1v) is 11.3. The zero-order valence-corrected chi connectivity index (χ0v) is 18.3. The van der Waals surface area contributed by atoms with Crippen molar-refractivity contribution in [1.82, 2.24) is 30.2 Å². The average molecular weight is 458 g/mol. The van der Waals surface area contributed by atoms with Crippen molar-refractivity contribution in [2.45, 2.75) is 51.0 Å². The number of benzene rings is 1. The molecule has 2 aliphatic heterocycles. The van der Waals surface area contributed by atoms with Gasteiger partial charge in [-0.3, -0.25) is 19.7 Å². The number of ether oxygens (including phenoxy) is 1. The number of aromatic nitrogens is 4. The van der Waals surface area contributed by atoms with Gasteiger partial charge in [0.2, 0.25) is 11.8 Å². The van der Waals surface area contributed by atoms with Crippen molar-refractivity contribution in [1.29, 1.82) is 0 Å². The van der Waals surface area contributed by atoms with E-state index < -0.39 is 11.9 Å². The van der Waals surface area contributed by atoms with Gasteiger partial charge >= 0.3 is 0 Å². The summed E-state index contributed by atoms with van der Waals surface area (Å²) in [7, 11) is 0. The smallest absolute Gasteiger partial charge is 0.255 e. The summed E-state index contributed by atoms with van der Waals surface area (Å²) in [6.45, 7) is 0.787. The van der Waals surface area contributed by atoms with Crippen LogP contribution >= 0.6 is 0 Å². The highest BCUT2D eigenvalue weighted by molar-refractivity contribution is 6.05. The zero-order valence-electron chi connectivity index (χ0n) is 18.3. The number of nitrogens with zero attached hydrogens (tertiary/aromatic N) is 5. The molecule has 1 unspecified atom stereocenters. The normalized spacial score (nSPS) is 19.9. The molecule has 10 heteroatoms. The van der Waals surface area contributed by atoms with Gasteiger partial charge in [0.05, 0.1) is 24.6 Å². The first-order chi connectivity index (χ1) is 16.5. The summed E-state index contributed by atoms with van der Waals surface area (Å²) < 4.78 is 7.35. The molecule has 0 bridgehead atoms. The van der Waals surface area contributed by atoms with E-state index in [1.54, 1.807) is 16.9 Å². The maximum atomic E-state index is 12.9. The van der Waals surface area contributed by atoms with Gasteiger partial charge in [-0.1, -0.05) is 17.3 Å². The molecule has 34 heavy (non-hydrogen) atoms. The molecular formula is C24H22N6O4. The maximum absolute atomic E-state index is 12.9. The minimum Gasteiger partial charge on any atom is -0.372 e. The predicted molar refractivity (Wildman–Crippen MR) is 118 cm³/mol. The minimum atomic E-state index is -0.635.